The number of benzene rings is 3. The zero-order valence-corrected chi connectivity index (χ0v) is 24.3. The Balaban J connectivity index is 1.97. The van der Waals surface area contributed by atoms with E-state index in [0.717, 1.165) is 22.7 Å². The summed E-state index contributed by atoms with van der Waals surface area (Å²) in [6.45, 7) is 3.81. The van der Waals surface area contributed by atoms with E-state index in [1.54, 1.807) is 25.1 Å². The van der Waals surface area contributed by atoms with Crippen molar-refractivity contribution in [1.29, 1.82) is 0 Å². The predicted octanol–water partition coefficient (Wildman–Crippen LogP) is 5.56. The lowest BCUT2D eigenvalue weighted by molar-refractivity contribution is -0.138. The summed E-state index contributed by atoms with van der Waals surface area (Å²) in [5, 5.41) is 3.25. The van der Waals surface area contributed by atoms with Crippen LogP contribution in [-0.4, -0.2) is 50.8 Å². The first-order chi connectivity index (χ1) is 18.6. The first-order valence-corrected chi connectivity index (χ1v) is 15.0. The number of nitrogens with one attached hydrogen (secondary N) is 1. The molecule has 3 aromatic carbocycles. The monoisotopic (exact) mass is 589 g/mol. The van der Waals surface area contributed by atoms with E-state index in [0.29, 0.717) is 13.0 Å². The molecule has 0 aromatic heterocycles. The van der Waals surface area contributed by atoms with Gasteiger partial charge in [-0.15, -0.1) is 0 Å². The summed E-state index contributed by atoms with van der Waals surface area (Å²) in [6, 6.07) is 21.0. The van der Waals surface area contributed by atoms with Crippen molar-refractivity contribution in [2.24, 2.45) is 0 Å². The molecule has 7 nitrogen and oxygen atoms in total. The van der Waals surface area contributed by atoms with Crippen LogP contribution in [0.5, 0.6) is 0 Å². The van der Waals surface area contributed by atoms with Gasteiger partial charge in [0.1, 0.15) is 12.6 Å². The van der Waals surface area contributed by atoms with Crippen molar-refractivity contribution in [2.75, 3.05) is 23.9 Å². The topological polar surface area (TPSA) is 86.8 Å². The number of rotatable bonds is 13. The van der Waals surface area contributed by atoms with E-state index in [2.05, 4.69) is 5.32 Å². The standard InChI is InChI=1S/C29H33Cl2N3O4S/c1-3-4-18-32-29(36)22(2)33(19-17-23-11-7-5-8-12-23)28(35)21-34(27-20-24(30)15-16-26(27)31)39(37,38)25-13-9-6-10-14-25/h5-16,20,22H,3-4,17-19,21H2,1-2H3,(H,32,36)/t22-/m0/s1. The van der Waals surface area contributed by atoms with Gasteiger partial charge in [-0.05, 0) is 55.7 Å². The van der Waals surface area contributed by atoms with E-state index in [9.17, 15) is 18.0 Å². The zero-order valence-electron chi connectivity index (χ0n) is 22.0. The third kappa shape index (κ3) is 8.21. The third-order valence-electron chi connectivity index (χ3n) is 6.27. The molecule has 0 spiro atoms. The van der Waals surface area contributed by atoms with Gasteiger partial charge in [-0.2, -0.15) is 0 Å². The number of anilines is 1. The molecule has 0 unspecified atom stereocenters. The molecule has 1 atom stereocenters. The Morgan fingerprint density at radius 2 is 1.59 bits per heavy atom. The van der Waals surface area contributed by atoms with Crippen LogP contribution in [-0.2, 0) is 26.0 Å². The van der Waals surface area contributed by atoms with Crippen molar-refractivity contribution in [3.63, 3.8) is 0 Å². The number of nitrogens with zero attached hydrogens (tertiary/aromatic N) is 2. The lowest BCUT2D eigenvalue weighted by Crippen LogP contribution is -2.52. The van der Waals surface area contributed by atoms with E-state index in [1.165, 1.54) is 35.2 Å². The molecule has 0 aliphatic heterocycles. The van der Waals surface area contributed by atoms with Crippen LogP contribution in [0.2, 0.25) is 10.0 Å². The van der Waals surface area contributed by atoms with Crippen molar-refractivity contribution in [2.45, 2.75) is 44.0 Å². The Morgan fingerprint density at radius 1 is 0.949 bits per heavy atom. The molecule has 0 fully saturated rings. The van der Waals surface area contributed by atoms with Gasteiger partial charge in [-0.25, -0.2) is 8.42 Å². The van der Waals surface area contributed by atoms with Crippen molar-refractivity contribution in [1.82, 2.24) is 10.2 Å². The van der Waals surface area contributed by atoms with Gasteiger partial charge < -0.3 is 10.2 Å². The van der Waals surface area contributed by atoms with Crippen molar-refractivity contribution < 1.29 is 18.0 Å². The van der Waals surface area contributed by atoms with Gasteiger partial charge >= 0.3 is 0 Å². The van der Waals surface area contributed by atoms with Gasteiger partial charge in [0.15, 0.2) is 0 Å². The highest BCUT2D eigenvalue weighted by molar-refractivity contribution is 7.92. The number of hydrogen-bond acceptors (Lipinski definition) is 4. The lowest BCUT2D eigenvalue weighted by atomic mass is 10.1. The first-order valence-electron chi connectivity index (χ1n) is 12.8. The van der Waals surface area contributed by atoms with Gasteiger partial charge in [0.05, 0.1) is 15.6 Å². The Kier molecular flexibility index (Phi) is 11.2. The summed E-state index contributed by atoms with van der Waals surface area (Å²) < 4.78 is 28.5. The molecule has 1 N–H and O–H groups in total. The average Bonchev–Trinajstić information content (AvgIpc) is 2.94. The number of carbonyl (C=O) groups is 2. The van der Waals surface area contributed by atoms with Gasteiger partial charge in [-0.3, -0.25) is 13.9 Å². The van der Waals surface area contributed by atoms with Crippen LogP contribution in [0.15, 0.2) is 83.8 Å². The molecular formula is C29H33Cl2N3O4S. The van der Waals surface area contributed by atoms with Crippen LogP contribution in [0, 0.1) is 0 Å². The maximum atomic E-state index is 13.9. The highest BCUT2D eigenvalue weighted by Gasteiger charge is 2.33. The highest BCUT2D eigenvalue weighted by Crippen LogP contribution is 2.33. The van der Waals surface area contributed by atoms with E-state index >= 15 is 0 Å². The van der Waals surface area contributed by atoms with Crippen molar-refractivity contribution >= 4 is 50.7 Å². The quantitative estimate of drug-likeness (QED) is 0.264. The number of sulfonamides is 1. The van der Waals surface area contributed by atoms with E-state index < -0.39 is 28.5 Å². The number of amides is 2. The first kappa shape index (κ1) is 30.5. The summed E-state index contributed by atoms with van der Waals surface area (Å²) in [6.07, 6.45) is 2.22. The fraction of sp³-hybridized carbons (Fsp3) is 0.310. The van der Waals surface area contributed by atoms with Crippen LogP contribution in [0.1, 0.15) is 32.3 Å². The smallest absolute Gasteiger partial charge is 0.264 e. The molecule has 3 rings (SSSR count). The summed E-state index contributed by atoms with van der Waals surface area (Å²) in [4.78, 5) is 28.2. The fourth-order valence-corrected chi connectivity index (χ4v) is 5.90. The number of halogens is 2. The zero-order chi connectivity index (χ0) is 28.4. The van der Waals surface area contributed by atoms with Gasteiger partial charge in [0, 0.05) is 18.1 Å². The molecule has 0 aliphatic carbocycles. The normalized spacial score (nSPS) is 12.0. The minimum atomic E-state index is -4.21. The van der Waals surface area contributed by atoms with E-state index in [-0.39, 0.29) is 33.1 Å². The van der Waals surface area contributed by atoms with Crippen LogP contribution in [0.3, 0.4) is 0 Å². The molecule has 3 aromatic rings. The molecule has 2 amide bonds. The van der Waals surface area contributed by atoms with Crippen LogP contribution in [0.4, 0.5) is 5.69 Å². The summed E-state index contributed by atoms with van der Waals surface area (Å²) in [5.41, 5.74) is 1.06. The van der Waals surface area contributed by atoms with Gasteiger partial charge in [0.25, 0.3) is 10.0 Å². The Bertz CT molecular complexity index is 1360. The largest absolute Gasteiger partial charge is 0.354 e. The SMILES string of the molecule is CCCCNC(=O)[C@H](C)N(CCc1ccccc1)C(=O)CN(c1cc(Cl)ccc1Cl)S(=O)(=O)c1ccccc1. The average molecular weight is 591 g/mol. The van der Waals surface area contributed by atoms with Crippen molar-refractivity contribution in [3.05, 3.63) is 94.5 Å². The number of carbonyl (C=O) groups excluding carboxylic acids is 2. The molecule has 0 bridgehead atoms. The molecule has 10 heteroatoms. The minimum absolute atomic E-state index is 0.00460. The summed E-state index contributed by atoms with van der Waals surface area (Å²) >= 11 is 12.6. The van der Waals surface area contributed by atoms with Crippen molar-refractivity contribution in [3.8, 4) is 0 Å². The Morgan fingerprint density at radius 3 is 2.23 bits per heavy atom. The van der Waals surface area contributed by atoms with Crippen LogP contribution >= 0.6 is 23.2 Å². The Labute approximate surface area is 240 Å². The molecular weight excluding hydrogens is 557 g/mol. The number of hydrogen-bond donors (Lipinski definition) is 1. The molecule has 0 aliphatic rings. The second-order valence-electron chi connectivity index (χ2n) is 9.06. The van der Waals surface area contributed by atoms with Gasteiger partial charge in [0.2, 0.25) is 11.8 Å². The van der Waals surface area contributed by atoms with Gasteiger partial charge in [-0.1, -0.05) is 85.1 Å². The minimum Gasteiger partial charge on any atom is -0.354 e. The fourth-order valence-electron chi connectivity index (χ4n) is 4.02. The highest BCUT2D eigenvalue weighted by atomic mass is 35.5. The molecule has 0 saturated carbocycles. The lowest BCUT2D eigenvalue weighted by Gasteiger charge is -2.32. The maximum Gasteiger partial charge on any atom is 0.264 e. The van der Waals surface area contributed by atoms with E-state index in [4.69, 9.17) is 23.2 Å². The molecule has 0 saturated heterocycles. The maximum absolute atomic E-state index is 13.9. The molecule has 0 radical (unpaired) electrons. The summed E-state index contributed by atoms with van der Waals surface area (Å²) in [5.74, 6) is -0.845. The molecule has 208 valence electrons. The third-order valence-corrected chi connectivity index (χ3v) is 8.60. The molecule has 0 heterocycles. The second kappa shape index (κ2) is 14.4. The Hall–Kier alpha value is -3.07. The summed E-state index contributed by atoms with van der Waals surface area (Å²) in [7, 11) is -4.21. The predicted molar refractivity (Wildman–Crippen MR) is 157 cm³/mol. The van der Waals surface area contributed by atoms with Crippen LogP contribution < -0.4 is 9.62 Å². The number of unbranched alkanes of at least 4 members (excludes halogenated alkanes) is 1. The molecule has 39 heavy (non-hydrogen) atoms. The second-order valence-corrected chi connectivity index (χ2v) is 11.8. The van der Waals surface area contributed by atoms with E-state index in [1.807, 2.05) is 37.3 Å². The van der Waals surface area contributed by atoms with Crippen LogP contribution in [0.25, 0.3) is 0 Å².